The second-order valence-corrected chi connectivity index (χ2v) is 3.93. The summed E-state index contributed by atoms with van der Waals surface area (Å²) < 4.78 is 48.7. The van der Waals surface area contributed by atoms with E-state index in [0.717, 1.165) is 0 Å². The summed E-state index contributed by atoms with van der Waals surface area (Å²) in [6.07, 6.45) is -3.68. The van der Waals surface area contributed by atoms with Crippen molar-refractivity contribution in [1.82, 2.24) is 5.32 Å². The van der Waals surface area contributed by atoms with Gasteiger partial charge in [-0.25, -0.2) is 8.78 Å². The van der Waals surface area contributed by atoms with Gasteiger partial charge >= 0.3 is 12.3 Å². The molecule has 0 fully saturated rings. The van der Waals surface area contributed by atoms with E-state index in [2.05, 4.69) is 5.32 Å². The number of halogens is 5. The highest BCUT2D eigenvalue weighted by Gasteiger charge is 2.39. The molecule has 0 radical (unpaired) electrons. The van der Waals surface area contributed by atoms with E-state index in [4.69, 9.17) is 17.3 Å². The fraction of sp³-hybridized carbons (Fsp3) is 0.400. The van der Waals surface area contributed by atoms with Crippen molar-refractivity contribution in [2.45, 2.75) is 18.9 Å². The molecule has 0 spiro atoms. The van der Waals surface area contributed by atoms with Crippen LogP contribution in [0.3, 0.4) is 0 Å². The molecule has 0 aliphatic rings. The average Bonchev–Trinajstić information content (AvgIpc) is 2.23. The first-order chi connectivity index (χ1) is 7.83. The number of hydrogen-bond donors (Lipinski definition) is 2. The lowest BCUT2D eigenvalue weighted by molar-refractivity contribution is -0.125. The van der Waals surface area contributed by atoms with Crippen LogP contribution in [0.15, 0.2) is 18.2 Å². The number of benzene rings is 1. The molecule has 0 heterocycles. The molecule has 7 heteroatoms. The largest absolute Gasteiger partial charge is 0.398 e. The van der Waals surface area contributed by atoms with Crippen molar-refractivity contribution in [3.05, 3.63) is 28.8 Å². The first kappa shape index (κ1) is 14.1. The fourth-order valence-corrected chi connectivity index (χ4v) is 1.27. The van der Waals surface area contributed by atoms with E-state index >= 15 is 0 Å². The lowest BCUT2D eigenvalue weighted by Gasteiger charge is -2.15. The number of hydrogen-bond acceptors (Lipinski definition) is 2. The molecular formula is C10H11ClF4N2. The monoisotopic (exact) mass is 270 g/mol. The number of nitrogen functional groups attached to an aromatic ring is 1. The van der Waals surface area contributed by atoms with Crippen LogP contribution in [0.2, 0.25) is 5.02 Å². The summed E-state index contributed by atoms with van der Waals surface area (Å²) in [6, 6.07) is 4.58. The Balaban J connectivity index is 2.49. The summed E-state index contributed by atoms with van der Waals surface area (Å²) in [6.45, 7) is -1.07. The molecule has 0 unspecified atom stereocenters. The maximum Gasteiger partial charge on any atom is 0.319 e. The predicted octanol–water partition coefficient (Wildman–Crippen LogP) is 2.91. The minimum absolute atomic E-state index is 0.0175. The van der Waals surface area contributed by atoms with E-state index in [1.807, 2.05) is 0 Å². The van der Waals surface area contributed by atoms with Gasteiger partial charge in [0, 0.05) is 6.54 Å². The van der Waals surface area contributed by atoms with Gasteiger partial charge in [0.15, 0.2) is 0 Å². The van der Waals surface area contributed by atoms with Crippen LogP contribution < -0.4 is 11.1 Å². The second-order valence-electron chi connectivity index (χ2n) is 3.52. The van der Waals surface area contributed by atoms with Gasteiger partial charge in [0.2, 0.25) is 0 Å². The number of nitrogens with two attached hydrogens (primary N) is 1. The third kappa shape index (κ3) is 4.05. The highest BCUT2D eigenvalue weighted by molar-refractivity contribution is 6.33. The molecule has 0 atom stereocenters. The molecule has 0 aliphatic heterocycles. The highest BCUT2D eigenvalue weighted by Crippen LogP contribution is 2.22. The van der Waals surface area contributed by atoms with Gasteiger partial charge in [-0.05, 0) is 17.7 Å². The molecule has 0 saturated carbocycles. The van der Waals surface area contributed by atoms with Gasteiger partial charge in [-0.3, -0.25) is 0 Å². The predicted molar refractivity (Wildman–Crippen MR) is 58.5 cm³/mol. The number of alkyl halides is 4. The molecule has 0 saturated heterocycles. The second kappa shape index (κ2) is 5.55. The lowest BCUT2D eigenvalue weighted by Crippen LogP contribution is -2.38. The molecule has 0 amide bonds. The quantitative estimate of drug-likeness (QED) is 0.638. The SMILES string of the molecule is Nc1cc(CNCC(F)(F)C(F)F)ccc1Cl. The van der Waals surface area contributed by atoms with Crippen molar-refractivity contribution in [3.8, 4) is 0 Å². The van der Waals surface area contributed by atoms with Crippen molar-refractivity contribution >= 4 is 17.3 Å². The average molecular weight is 271 g/mol. The number of anilines is 1. The fourth-order valence-electron chi connectivity index (χ4n) is 1.15. The van der Waals surface area contributed by atoms with Crippen LogP contribution >= 0.6 is 11.6 Å². The molecule has 17 heavy (non-hydrogen) atoms. The molecule has 1 aromatic carbocycles. The maximum atomic E-state index is 12.5. The van der Waals surface area contributed by atoms with Gasteiger partial charge in [-0.1, -0.05) is 17.7 Å². The Morgan fingerprint density at radius 1 is 1.35 bits per heavy atom. The van der Waals surface area contributed by atoms with Crippen LogP contribution in [0, 0.1) is 0 Å². The zero-order valence-electron chi connectivity index (χ0n) is 8.69. The molecule has 0 bridgehead atoms. The Bertz CT molecular complexity index is 385. The lowest BCUT2D eigenvalue weighted by atomic mass is 10.2. The minimum atomic E-state index is -4.03. The van der Waals surface area contributed by atoms with Crippen molar-refractivity contribution in [2.75, 3.05) is 12.3 Å². The van der Waals surface area contributed by atoms with Crippen LogP contribution in [0.4, 0.5) is 23.2 Å². The van der Waals surface area contributed by atoms with Gasteiger partial charge in [0.25, 0.3) is 0 Å². The smallest absolute Gasteiger partial charge is 0.319 e. The van der Waals surface area contributed by atoms with E-state index < -0.39 is 18.9 Å². The van der Waals surface area contributed by atoms with E-state index in [0.29, 0.717) is 16.3 Å². The van der Waals surface area contributed by atoms with Crippen LogP contribution in [-0.2, 0) is 6.54 Å². The van der Waals surface area contributed by atoms with E-state index in [1.54, 1.807) is 6.07 Å². The molecule has 1 aromatic rings. The van der Waals surface area contributed by atoms with E-state index in [-0.39, 0.29) is 6.54 Å². The highest BCUT2D eigenvalue weighted by atomic mass is 35.5. The van der Waals surface area contributed by atoms with Gasteiger partial charge in [0.1, 0.15) is 0 Å². The van der Waals surface area contributed by atoms with Gasteiger partial charge in [-0.15, -0.1) is 0 Å². The summed E-state index contributed by atoms with van der Waals surface area (Å²) in [5, 5.41) is 2.59. The van der Waals surface area contributed by atoms with Crippen molar-refractivity contribution in [3.63, 3.8) is 0 Å². The Kier molecular flexibility index (Phi) is 4.59. The summed E-state index contributed by atoms with van der Waals surface area (Å²) in [7, 11) is 0. The third-order valence-electron chi connectivity index (χ3n) is 2.07. The molecule has 2 nitrogen and oxygen atoms in total. The van der Waals surface area contributed by atoms with Crippen LogP contribution in [-0.4, -0.2) is 18.9 Å². The summed E-state index contributed by atoms with van der Waals surface area (Å²) in [5.41, 5.74) is 6.40. The zero-order valence-corrected chi connectivity index (χ0v) is 9.45. The Morgan fingerprint density at radius 3 is 2.53 bits per heavy atom. The Labute approximate surface area is 101 Å². The van der Waals surface area contributed by atoms with Crippen LogP contribution in [0.1, 0.15) is 5.56 Å². The molecule has 0 aliphatic carbocycles. The summed E-state index contributed by atoms with van der Waals surface area (Å²) in [4.78, 5) is 0. The topological polar surface area (TPSA) is 38.0 Å². The van der Waals surface area contributed by atoms with Crippen molar-refractivity contribution in [2.24, 2.45) is 0 Å². The minimum Gasteiger partial charge on any atom is -0.398 e. The third-order valence-corrected chi connectivity index (χ3v) is 2.41. The van der Waals surface area contributed by atoms with Gasteiger partial charge in [0.05, 0.1) is 17.3 Å². The van der Waals surface area contributed by atoms with Crippen LogP contribution in [0.25, 0.3) is 0 Å². The molecule has 0 aromatic heterocycles. The standard InChI is InChI=1S/C10H11ClF4N2/c11-7-2-1-6(3-8(7)16)4-17-5-10(14,15)9(12)13/h1-3,9,17H,4-5,16H2. The summed E-state index contributed by atoms with van der Waals surface area (Å²) in [5.74, 6) is -4.03. The first-order valence-electron chi connectivity index (χ1n) is 4.73. The Morgan fingerprint density at radius 2 is 2.00 bits per heavy atom. The van der Waals surface area contributed by atoms with Gasteiger partial charge < -0.3 is 11.1 Å². The van der Waals surface area contributed by atoms with Crippen molar-refractivity contribution < 1.29 is 17.6 Å². The zero-order chi connectivity index (χ0) is 13.1. The normalized spacial score (nSPS) is 12.1. The van der Waals surface area contributed by atoms with E-state index in [1.165, 1.54) is 12.1 Å². The van der Waals surface area contributed by atoms with Crippen molar-refractivity contribution in [1.29, 1.82) is 0 Å². The molecule has 3 N–H and O–H groups in total. The molecule has 1 rings (SSSR count). The maximum absolute atomic E-state index is 12.5. The van der Waals surface area contributed by atoms with E-state index in [9.17, 15) is 17.6 Å². The number of rotatable bonds is 5. The number of nitrogens with one attached hydrogen (secondary N) is 1. The molecule has 96 valence electrons. The van der Waals surface area contributed by atoms with Gasteiger partial charge in [-0.2, -0.15) is 8.78 Å². The summed E-state index contributed by atoms with van der Waals surface area (Å²) >= 11 is 5.66. The Hall–Kier alpha value is -1.01. The first-order valence-corrected chi connectivity index (χ1v) is 5.11. The molecular weight excluding hydrogens is 260 g/mol. The van der Waals surface area contributed by atoms with Crippen LogP contribution in [0.5, 0.6) is 0 Å².